The average Bonchev–Trinajstić information content (AvgIpc) is 3.54. The zero-order chi connectivity index (χ0) is 32.7. The minimum atomic E-state index is -4.85. The first kappa shape index (κ1) is 31.0. The second-order valence-electron chi connectivity index (χ2n) is 13.0. The molecule has 1 atom stereocenters. The predicted octanol–water partition coefficient (Wildman–Crippen LogP) is 6.06. The largest absolute Gasteiger partial charge is 0.744 e. The summed E-state index contributed by atoms with van der Waals surface area (Å²) in [5.74, 6) is -0.491. The highest BCUT2D eigenvalue weighted by Gasteiger charge is 2.52. The van der Waals surface area contributed by atoms with Crippen LogP contribution in [-0.4, -0.2) is 40.9 Å². The molecule has 0 spiro atoms. The van der Waals surface area contributed by atoms with Gasteiger partial charge < -0.3 is 29.0 Å². The lowest BCUT2D eigenvalue weighted by molar-refractivity contribution is -0.286. The lowest BCUT2D eigenvalue weighted by Crippen LogP contribution is -2.27. The third-order valence-electron chi connectivity index (χ3n) is 8.40. The maximum atomic E-state index is 13.6. The summed E-state index contributed by atoms with van der Waals surface area (Å²) in [4.78, 5) is 13.2. The fourth-order valence-electron chi connectivity index (χ4n) is 6.13. The Balaban J connectivity index is 1.41. The number of ether oxygens (including phenoxy) is 2. The van der Waals surface area contributed by atoms with Crippen molar-refractivity contribution >= 4 is 32.6 Å². The van der Waals surface area contributed by atoms with Crippen molar-refractivity contribution in [3.05, 3.63) is 77.0 Å². The molecule has 2 aliphatic rings. The van der Waals surface area contributed by atoms with Crippen LogP contribution in [0.5, 0.6) is 11.5 Å². The minimum Gasteiger partial charge on any atom is -0.744 e. The Labute approximate surface area is 259 Å². The number of nitrogens with one attached hydrogen (secondary N) is 1. The smallest absolute Gasteiger partial charge is 0.586 e. The minimum absolute atomic E-state index is 0.0508. The number of rotatable bonds is 7. The first-order chi connectivity index (χ1) is 20.9. The number of hydrogen-bond acceptors (Lipinski definition) is 7. The number of fused-ring (bicyclic) bond motifs is 2. The molecule has 1 aliphatic carbocycles. The van der Waals surface area contributed by atoms with Gasteiger partial charge in [0, 0.05) is 28.6 Å². The number of aliphatic hydroxyl groups excluding tert-OH is 1. The second-order valence-corrected chi connectivity index (χ2v) is 14.3. The Morgan fingerprint density at radius 1 is 1.07 bits per heavy atom. The summed E-state index contributed by atoms with van der Waals surface area (Å²) in [7, 11) is -4.85. The summed E-state index contributed by atoms with van der Waals surface area (Å²) >= 11 is 0. The second kappa shape index (κ2) is 10.3. The number of alkyl halides is 2. The quantitative estimate of drug-likeness (QED) is 0.235. The number of hydrogen-bond donors (Lipinski definition) is 2. The molecule has 0 radical (unpaired) electrons. The summed E-state index contributed by atoms with van der Waals surface area (Å²) in [6.45, 7) is 9.39. The number of carbonyl (C=O) groups excluding carboxylic acids is 1. The molecule has 12 heteroatoms. The topological polar surface area (TPSA) is 130 Å². The van der Waals surface area contributed by atoms with E-state index >= 15 is 0 Å². The highest BCUT2D eigenvalue weighted by Crippen LogP contribution is 2.52. The van der Waals surface area contributed by atoms with Crippen LogP contribution < -0.4 is 14.8 Å². The summed E-state index contributed by atoms with van der Waals surface area (Å²) in [5, 5.41) is 14.0. The van der Waals surface area contributed by atoms with Crippen LogP contribution in [0.3, 0.4) is 0 Å². The van der Waals surface area contributed by atoms with Crippen LogP contribution in [0, 0.1) is 6.92 Å². The summed E-state index contributed by atoms with van der Waals surface area (Å²) in [6, 6.07) is 14.6. The molecular formula is C33H33F2N2O7S-. The molecule has 9 nitrogen and oxygen atoms in total. The van der Waals surface area contributed by atoms with E-state index in [1.54, 1.807) is 18.2 Å². The van der Waals surface area contributed by atoms with E-state index in [2.05, 4.69) is 14.8 Å². The SMILES string of the molecule is Cc1ccc(S(=O)(=O)[O-])c(C[C@@H](C)O)c1-n1c(C(C)(C)C)cc2cc(NC(=O)C3(c4ccc5c(c4)OC(F)(F)O5)CC3)ccc21. The Bertz CT molecular complexity index is 1970. The van der Waals surface area contributed by atoms with Crippen molar-refractivity contribution in [1.82, 2.24) is 4.57 Å². The van der Waals surface area contributed by atoms with Gasteiger partial charge >= 0.3 is 6.29 Å². The van der Waals surface area contributed by atoms with E-state index in [4.69, 9.17) is 0 Å². The highest BCUT2D eigenvalue weighted by atomic mass is 32.2. The number of anilines is 1. The van der Waals surface area contributed by atoms with Crippen LogP contribution in [0.15, 0.2) is 59.5 Å². The third kappa shape index (κ3) is 5.55. The van der Waals surface area contributed by atoms with Gasteiger partial charge in [0.1, 0.15) is 10.1 Å². The van der Waals surface area contributed by atoms with Crippen molar-refractivity contribution in [2.45, 2.75) is 82.0 Å². The average molecular weight is 640 g/mol. The van der Waals surface area contributed by atoms with E-state index in [9.17, 15) is 31.7 Å². The van der Waals surface area contributed by atoms with Crippen molar-refractivity contribution in [2.24, 2.45) is 0 Å². The van der Waals surface area contributed by atoms with Crippen LogP contribution in [0.4, 0.5) is 14.5 Å². The van der Waals surface area contributed by atoms with Crippen molar-refractivity contribution in [1.29, 1.82) is 0 Å². The molecule has 6 rings (SSSR count). The monoisotopic (exact) mass is 639 g/mol. The van der Waals surface area contributed by atoms with Crippen LogP contribution in [0.2, 0.25) is 0 Å². The van der Waals surface area contributed by atoms with Gasteiger partial charge in [0.15, 0.2) is 11.5 Å². The molecule has 2 N–H and O–H groups in total. The number of aromatic nitrogens is 1. The van der Waals surface area contributed by atoms with Crippen molar-refractivity contribution in [3.63, 3.8) is 0 Å². The van der Waals surface area contributed by atoms with Gasteiger partial charge in [-0.15, -0.1) is 8.78 Å². The molecule has 238 valence electrons. The van der Waals surface area contributed by atoms with Gasteiger partial charge in [-0.3, -0.25) is 4.79 Å². The molecule has 2 heterocycles. The van der Waals surface area contributed by atoms with Gasteiger partial charge in [0.2, 0.25) is 5.91 Å². The zero-order valence-corrected chi connectivity index (χ0v) is 26.2. The van der Waals surface area contributed by atoms with E-state index < -0.39 is 33.3 Å². The fraction of sp³-hybridized carbons (Fsp3) is 0.364. The first-order valence-corrected chi connectivity index (χ1v) is 16.0. The summed E-state index contributed by atoms with van der Waals surface area (Å²) in [6.07, 6.45) is -3.65. The normalized spacial score (nSPS) is 17.4. The Morgan fingerprint density at radius 3 is 2.38 bits per heavy atom. The first-order valence-electron chi connectivity index (χ1n) is 14.5. The van der Waals surface area contributed by atoms with Crippen molar-refractivity contribution in [2.75, 3.05) is 5.32 Å². The molecule has 1 saturated carbocycles. The van der Waals surface area contributed by atoms with Crippen molar-refractivity contribution < 1.29 is 41.1 Å². The fourth-order valence-corrected chi connectivity index (χ4v) is 6.84. The standard InChI is InChI=1S/C33H34F2N2O7S/c1-18-6-11-27(45(40,41)42)23(14-19(2)38)29(18)37-24-9-8-22(15-20(24)16-28(37)31(3,4)5)36-30(39)32(12-13-32)21-7-10-25-26(17-21)44-33(34,35)43-25/h6-11,15-17,19,38H,12-14H2,1-5H3,(H,36,39)(H,40,41,42)/p-1/t19-/m1/s1. The van der Waals surface area contributed by atoms with E-state index in [1.165, 1.54) is 25.1 Å². The Morgan fingerprint density at radius 2 is 1.76 bits per heavy atom. The number of halogens is 2. The van der Waals surface area contributed by atoms with Gasteiger partial charge in [-0.1, -0.05) is 32.9 Å². The van der Waals surface area contributed by atoms with E-state index in [0.717, 1.165) is 16.6 Å². The van der Waals surface area contributed by atoms with Gasteiger partial charge in [0.05, 0.1) is 27.6 Å². The lowest BCUT2D eigenvalue weighted by Gasteiger charge is -2.27. The Kier molecular flexibility index (Phi) is 7.07. The van der Waals surface area contributed by atoms with Gasteiger partial charge in [-0.2, -0.15) is 0 Å². The molecule has 0 unspecified atom stereocenters. The molecule has 0 saturated heterocycles. The number of nitrogens with zero attached hydrogens (tertiary/aromatic N) is 1. The Hall–Kier alpha value is -4.00. The maximum absolute atomic E-state index is 13.6. The van der Waals surface area contributed by atoms with Crippen LogP contribution in [-0.2, 0) is 32.2 Å². The molecule has 1 aromatic heterocycles. The van der Waals surface area contributed by atoms with Crippen LogP contribution in [0.25, 0.3) is 16.6 Å². The summed E-state index contributed by atoms with van der Waals surface area (Å²) < 4.78 is 75.0. The molecular weight excluding hydrogens is 606 g/mol. The molecule has 1 aliphatic heterocycles. The maximum Gasteiger partial charge on any atom is 0.586 e. The molecule has 4 aromatic rings. The molecule has 1 fully saturated rings. The number of amides is 1. The molecule has 45 heavy (non-hydrogen) atoms. The van der Waals surface area contributed by atoms with Gasteiger partial charge in [-0.25, -0.2) is 8.42 Å². The van der Waals surface area contributed by atoms with E-state index in [0.29, 0.717) is 35.3 Å². The summed E-state index contributed by atoms with van der Waals surface area (Å²) in [5.41, 5.74) is 2.74. The zero-order valence-electron chi connectivity index (χ0n) is 25.4. The number of aliphatic hydroxyl groups is 1. The van der Waals surface area contributed by atoms with Gasteiger partial charge in [-0.05, 0) is 85.8 Å². The number of carbonyl (C=O) groups is 1. The lowest BCUT2D eigenvalue weighted by atomic mass is 9.91. The van der Waals surface area contributed by atoms with E-state index in [1.807, 2.05) is 50.5 Å². The van der Waals surface area contributed by atoms with Crippen LogP contribution >= 0.6 is 0 Å². The molecule has 0 bridgehead atoms. The number of aryl methyl sites for hydroxylation is 1. The predicted molar refractivity (Wildman–Crippen MR) is 162 cm³/mol. The number of benzene rings is 3. The van der Waals surface area contributed by atoms with Crippen LogP contribution in [0.1, 0.15) is 62.9 Å². The third-order valence-corrected chi connectivity index (χ3v) is 9.32. The molecule has 1 amide bonds. The van der Waals surface area contributed by atoms with E-state index in [-0.39, 0.29) is 34.3 Å². The van der Waals surface area contributed by atoms with Gasteiger partial charge in [0.25, 0.3) is 0 Å². The molecule has 3 aromatic carbocycles. The highest BCUT2D eigenvalue weighted by molar-refractivity contribution is 7.85. The van der Waals surface area contributed by atoms with Crippen molar-refractivity contribution in [3.8, 4) is 17.2 Å².